The summed E-state index contributed by atoms with van der Waals surface area (Å²) in [6.07, 6.45) is 4.03. The Hall–Kier alpha value is -1.32. The Balaban J connectivity index is 1.47. The fourth-order valence-corrected chi connectivity index (χ4v) is 3.86. The molecule has 1 aromatic heterocycles. The van der Waals surface area contributed by atoms with Gasteiger partial charge in [-0.25, -0.2) is 0 Å². The lowest BCUT2D eigenvalue weighted by Crippen LogP contribution is -2.38. The van der Waals surface area contributed by atoms with Gasteiger partial charge in [0, 0.05) is 11.9 Å². The summed E-state index contributed by atoms with van der Waals surface area (Å²) in [5.41, 5.74) is 1.59. The highest BCUT2D eigenvalue weighted by Crippen LogP contribution is 2.39. The average Bonchev–Trinajstić information content (AvgIpc) is 3.04. The van der Waals surface area contributed by atoms with Crippen LogP contribution in [0.4, 0.5) is 0 Å². The molecule has 0 aliphatic carbocycles. The second kappa shape index (κ2) is 4.90. The molecule has 0 radical (unpaired) electrons. The zero-order valence-corrected chi connectivity index (χ0v) is 11.9. The highest BCUT2D eigenvalue weighted by atomic mass is 16.3. The first-order valence-corrected chi connectivity index (χ1v) is 7.74. The lowest BCUT2D eigenvalue weighted by molar-refractivity contribution is 0.189. The molecule has 0 amide bonds. The second-order valence-corrected chi connectivity index (χ2v) is 6.46. The standard InChI is InChI=1S/C17H22N2O/c1-2-4-16-14(3-1)11-15(20-16)12-19-10-7-17(13-19)5-8-18-9-6-17/h1-4,11,18H,5-10,12-13H2. The zero-order chi connectivity index (χ0) is 13.4. The molecule has 3 heterocycles. The van der Waals surface area contributed by atoms with Crippen LogP contribution in [0.5, 0.6) is 0 Å². The fourth-order valence-electron chi connectivity index (χ4n) is 3.86. The lowest BCUT2D eigenvalue weighted by atomic mass is 9.78. The third kappa shape index (κ3) is 2.25. The normalized spacial score (nSPS) is 22.8. The number of furan rings is 1. The van der Waals surface area contributed by atoms with Crippen molar-refractivity contribution in [2.45, 2.75) is 25.8 Å². The van der Waals surface area contributed by atoms with Crippen molar-refractivity contribution in [1.29, 1.82) is 0 Å². The summed E-state index contributed by atoms with van der Waals surface area (Å²) in [4.78, 5) is 2.57. The molecular weight excluding hydrogens is 248 g/mol. The van der Waals surface area contributed by atoms with E-state index in [1.165, 1.54) is 50.8 Å². The number of rotatable bonds is 2. The Kier molecular flexibility index (Phi) is 3.04. The number of hydrogen-bond donors (Lipinski definition) is 1. The zero-order valence-electron chi connectivity index (χ0n) is 11.9. The summed E-state index contributed by atoms with van der Waals surface area (Å²) < 4.78 is 5.95. The quantitative estimate of drug-likeness (QED) is 0.909. The van der Waals surface area contributed by atoms with Gasteiger partial charge in [-0.05, 0) is 56.4 Å². The van der Waals surface area contributed by atoms with Crippen LogP contribution in [0.3, 0.4) is 0 Å². The van der Waals surface area contributed by atoms with Crippen LogP contribution in [0.15, 0.2) is 34.7 Å². The van der Waals surface area contributed by atoms with Gasteiger partial charge in [-0.2, -0.15) is 0 Å². The number of para-hydroxylation sites is 1. The predicted molar refractivity (Wildman–Crippen MR) is 80.6 cm³/mol. The minimum atomic E-state index is 0.581. The van der Waals surface area contributed by atoms with Crippen molar-refractivity contribution in [3.05, 3.63) is 36.1 Å². The number of hydrogen-bond acceptors (Lipinski definition) is 3. The van der Waals surface area contributed by atoms with E-state index >= 15 is 0 Å². The van der Waals surface area contributed by atoms with Gasteiger partial charge in [0.15, 0.2) is 0 Å². The van der Waals surface area contributed by atoms with Gasteiger partial charge in [-0.1, -0.05) is 18.2 Å². The Morgan fingerprint density at radius 2 is 2.00 bits per heavy atom. The molecule has 2 saturated heterocycles. The molecule has 2 aliphatic heterocycles. The molecule has 4 rings (SSSR count). The maximum atomic E-state index is 5.95. The fraction of sp³-hybridized carbons (Fsp3) is 0.529. The van der Waals surface area contributed by atoms with E-state index in [0.29, 0.717) is 5.41 Å². The van der Waals surface area contributed by atoms with E-state index in [9.17, 15) is 0 Å². The summed E-state index contributed by atoms with van der Waals surface area (Å²) in [6.45, 7) is 5.81. The van der Waals surface area contributed by atoms with E-state index in [1.807, 2.05) is 6.07 Å². The topological polar surface area (TPSA) is 28.4 Å². The SMILES string of the molecule is c1ccc2oc(CN3CCC4(CCNCC4)C3)cc2c1. The van der Waals surface area contributed by atoms with Crippen molar-refractivity contribution in [2.75, 3.05) is 26.2 Å². The van der Waals surface area contributed by atoms with Crippen LogP contribution in [-0.2, 0) is 6.54 Å². The molecule has 0 bridgehead atoms. The number of likely N-dealkylation sites (tertiary alicyclic amines) is 1. The van der Waals surface area contributed by atoms with Crippen LogP contribution in [0.25, 0.3) is 11.0 Å². The van der Waals surface area contributed by atoms with Crippen LogP contribution in [0, 0.1) is 5.41 Å². The molecule has 20 heavy (non-hydrogen) atoms. The Morgan fingerprint density at radius 1 is 1.15 bits per heavy atom. The first-order chi connectivity index (χ1) is 9.83. The summed E-state index contributed by atoms with van der Waals surface area (Å²) in [5, 5.41) is 4.70. The van der Waals surface area contributed by atoms with Gasteiger partial charge in [-0.3, -0.25) is 4.90 Å². The van der Waals surface area contributed by atoms with Gasteiger partial charge in [0.25, 0.3) is 0 Å². The molecule has 1 N–H and O–H groups in total. The number of nitrogens with one attached hydrogen (secondary N) is 1. The summed E-state index contributed by atoms with van der Waals surface area (Å²) >= 11 is 0. The third-order valence-electron chi connectivity index (χ3n) is 5.04. The van der Waals surface area contributed by atoms with Crippen molar-refractivity contribution in [1.82, 2.24) is 10.2 Å². The molecule has 3 heteroatoms. The van der Waals surface area contributed by atoms with Crippen LogP contribution in [0.2, 0.25) is 0 Å². The van der Waals surface area contributed by atoms with Crippen molar-refractivity contribution >= 4 is 11.0 Å². The van der Waals surface area contributed by atoms with Crippen LogP contribution >= 0.6 is 0 Å². The first-order valence-electron chi connectivity index (χ1n) is 7.74. The number of fused-ring (bicyclic) bond motifs is 1. The molecule has 106 valence electrons. The molecule has 0 unspecified atom stereocenters. The molecule has 0 saturated carbocycles. The number of benzene rings is 1. The van der Waals surface area contributed by atoms with Crippen molar-refractivity contribution in [2.24, 2.45) is 5.41 Å². The predicted octanol–water partition coefficient (Wildman–Crippen LogP) is 3.01. The van der Waals surface area contributed by atoms with E-state index in [2.05, 4.69) is 34.5 Å². The largest absolute Gasteiger partial charge is 0.460 e. The molecule has 1 aromatic carbocycles. The van der Waals surface area contributed by atoms with Crippen LogP contribution in [-0.4, -0.2) is 31.1 Å². The summed E-state index contributed by atoms with van der Waals surface area (Å²) in [7, 11) is 0. The van der Waals surface area contributed by atoms with Gasteiger partial charge < -0.3 is 9.73 Å². The highest BCUT2D eigenvalue weighted by Gasteiger charge is 2.38. The van der Waals surface area contributed by atoms with Crippen molar-refractivity contribution in [3.63, 3.8) is 0 Å². The Morgan fingerprint density at radius 3 is 2.85 bits per heavy atom. The average molecular weight is 270 g/mol. The van der Waals surface area contributed by atoms with E-state index in [-0.39, 0.29) is 0 Å². The van der Waals surface area contributed by atoms with Gasteiger partial charge in [-0.15, -0.1) is 0 Å². The molecule has 2 aromatic rings. The monoisotopic (exact) mass is 270 g/mol. The van der Waals surface area contributed by atoms with Gasteiger partial charge in [0.05, 0.1) is 6.54 Å². The lowest BCUT2D eigenvalue weighted by Gasteiger charge is -2.33. The van der Waals surface area contributed by atoms with E-state index in [0.717, 1.165) is 17.9 Å². The van der Waals surface area contributed by atoms with E-state index in [1.54, 1.807) is 0 Å². The van der Waals surface area contributed by atoms with E-state index < -0.39 is 0 Å². The Labute approximate surface area is 119 Å². The summed E-state index contributed by atoms with van der Waals surface area (Å²) in [5.74, 6) is 1.11. The third-order valence-corrected chi connectivity index (χ3v) is 5.04. The minimum Gasteiger partial charge on any atom is -0.460 e. The molecule has 0 atom stereocenters. The van der Waals surface area contributed by atoms with E-state index in [4.69, 9.17) is 4.42 Å². The highest BCUT2D eigenvalue weighted by molar-refractivity contribution is 5.77. The number of piperidine rings is 1. The smallest absolute Gasteiger partial charge is 0.134 e. The van der Waals surface area contributed by atoms with Gasteiger partial charge in [0.2, 0.25) is 0 Å². The maximum Gasteiger partial charge on any atom is 0.134 e. The van der Waals surface area contributed by atoms with Crippen LogP contribution < -0.4 is 5.32 Å². The number of nitrogens with zero attached hydrogens (tertiary/aromatic N) is 1. The van der Waals surface area contributed by atoms with Crippen molar-refractivity contribution < 1.29 is 4.42 Å². The van der Waals surface area contributed by atoms with Crippen molar-refractivity contribution in [3.8, 4) is 0 Å². The molecule has 3 nitrogen and oxygen atoms in total. The Bertz CT molecular complexity index is 565. The molecule has 1 spiro atoms. The van der Waals surface area contributed by atoms with Crippen LogP contribution in [0.1, 0.15) is 25.0 Å². The maximum absolute atomic E-state index is 5.95. The first kappa shape index (κ1) is 12.4. The second-order valence-electron chi connectivity index (χ2n) is 6.46. The minimum absolute atomic E-state index is 0.581. The molecule has 2 fully saturated rings. The van der Waals surface area contributed by atoms with Gasteiger partial charge >= 0.3 is 0 Å². The summed E-state index contributed by atoms with van der Waals surface area (Å²) in [6, 6.07) is 10.5. The molecule has 2 aliphatic rings. The van der Waals surface area contributed by atoms with Gasteiger partial charge in [0.1, 0.15) is 11.3 Å². The molecular formula is C17H22N2O.